The van der Waals surface area contributed by atoms with Crippen LogP contribution >= 0.6 is 11.3 Å². The number of nitrogens with zero attached hydrogens (tertiary/aromatic N) is 1. The van der Waals surface area contributed by atoms with Gasteiger partial charge in [0.25, 0.3) is 0 Å². The lowest BCUT2D eigenvalue weighted by Gasteiger charge is -2.21. The van der Waals surface area contributed by atoms with E-state index in [2.05, 4.69) is 16.1 Å². The van der Waals surface area contributed by atoms with Crippen LogP contribution in [0.1, 0.15) is 80.5 Å². The van der Waals surface area contributed by atoms with E-state index in [0.717, 1.165) is 22.5 Å². The number of thiophene rings is 1. The van der Waals surface area contributed by atoms with Crippen LogP contribution in [0.4, 0.5) is 10.5 Å². The van der Waals surface area contributed by atoms with Crippen LogP contribution in [0.25, 0.3) is 0 Å². The molecular formula is C22H30N4O4S2. The van der Waals surface area contributed by atoms with Crippen molar-refractivity contribution in [2.45, 2.75) is 69.8 Å². The van der Waals surface area contributed by atoms with Crippen molar-refractivity contribution >= 4 is 33.0 Å². The third kappa shape index (κ3) is 5.66. The van der Waals surface area contributed by atoms with Crippen LogP contribution in [0.15, 0.2) is 22.4 Å². The zero-order chi connectivity index (χ0) is 24.4. The van der Waals surface area contributed by atoms with Gasteiger partial charge >= 0.3 is 6.03 Å². The molecule has 1 aromatic carbocycles. The number of benzene rings is 1. The number of aliphatic hydroxyl groups is 2. The summed E-state index contributed by atoms with van der Waals surface area (Å²) in [5.41, 5.74) is 1.50. The third-order valence-electron chi connectivity index (χ3n) is 4.85. The number of nitrogens with one attached hydrogen (secondary N) is 3. The Morgan fingerprint density at radius 3 is 2.16 bits per heavy atom. The van der Waals surface area contributed by atoms with Gasteiger partial charge in [-0.15, -0.1) is 11.3 Å². The summed E-state index contributed by atoms with van der Waals surface area (Å²) in [7, 11) is -3.81. The van der Waals surface area contributed by atoms with E-state index in [-0.39, 0.29) is 21.6 Å². The minimum Gasteiger partial charge on any atom is -0.392 e. The first kappa shape index (κ1) is 25.8. The van der Waals surface area contributed by atoms with Gasteiger partial charge in [0.15, 0.2) is 9.92 Å². The fourth-order valence-corrected chi connectivity index (χ4v) is 5.86. The van der Waals surface area contributed by atoms with Crippen LogP contribution in [-0.2, 0) is 22.1 Å². The minimum atomic E-state index is -3.81. The predicted octanol–water partition coefficient (Wildman–Crippen LogP) is 4.73. The molecule has 174 valence electrons. The van der Waals surface area contributed by atoms with Gasteiger partial charge in [-0.05, 0) is 55.0 Å². The third-order valence-corrected chi connectivity index (χ3v) is 8.35. The number of hydrogen-bond acceptors (Lipinski definition) is 7. The van der Waals surface area contributed by atoms with E-state index in [4.69, 9.17) is 4.78 Å². The summed E-state index contributed by atoms with van der Waals surface area (Å²) in [6.07, 6.45) is 0. The lowest BCUT2D eigenvalue weighted by Crippen LogP contribution is -2.34. The first-order valence-electron chi connectivity index (χ1n) is 10.1. The van der Waals surface area contributed by atoms with Crippen LogP contribution in [0.2, 0.25) is 0 Å². The van der Waals surface area contributed by atoms with Gasteiger partial charge in [0.05, 0.1) is 23.8 Å². The van der Waals surface area contributed by atoms with E-state index in [1.54, 1.807) is 26.0 Å². The second kappa shape index (κ2) is 9.58. The number of aliphatic hydroxyl groups excluding tert-OH is 1. The molecule has 0 saturated heterocycles. The molecule has 1 heterocycles. The van der Waals surface area contributed by atoms with Gasteiger partial charge in [-0.25, -0.2) is 18.5 Å². The van der Waals surface area contributed by atoms with Crippen LogP contribution in [0, 0.1) is 16.1 Å². The molecule has 0 spiro atoms. The van der Waals surface area contributed by atoms with E-state index in [9.17, 15) is 24.5 Å². The van der Waals surface area contributed by atoms with E-state index >= 15 is 0 Å². The van der Waals surface area contributed by atoms with Crippen LogP contribution in [-0.4, -0.2) is 20.5 Å². The highest BCUT2D eigenvalue weighted by molar-refractivity contribution is 7.93. The monoisotopic (exact) mass is 478 g/mol. The number of nitriles is 1. The summed E-state index contributed by atoms with van der Waals surface area (Å²) in [5, 5.41) is 31.9. The number of anilines is 1. The number of rotatable bonds is 7. The van der Waals surface area contributed by atoms with E-state index < -0.39 is 28.2 Å². The van der Waals surface area contributed by atoms with Crippen molar-refractivity contribution in [1.82, 2.24) is 4.72 Å². The molecule has 0 aliphatic carbocycles. The number of carbonyl (C=O) groups is 1. The Kier molecular flexibility index (Phi) is 7.73. The molecule has 32 heavy (non-hydrogen) atoms. The van der Waals surface area contributed by atoms with Gasteiger partial charge < -0.3 is 15.5 Å². The van der Waals surface area contributed by atoms with Gasteiger partial charge in [0.1, 0.15) is 4.21 Å². The second-order valence-electron chi connectivity index (χ2n) is 8.70. The van der Waals surface area contributed by atoms with Crippen molar-refractivity contribution < 1.29 is 19.2 Å². The van der Waals surface area contributed by atoms with Crippen LogP contribution in [0.3, 0.4) is 0 Å². The van der Waals surface area contributed by atoms with Gasteiger partial charge in [-0.3, -0.25) is 0 Å². The summed E-state index contributed by atoms with van der Waals surface area (Å²) in [4.78, 5) is 13.2. The Morgan fingerprint density at radius 2 is 1.75 bits per heavy atom. The molecule has 2 aromatic rings. The zero-order valence-electron chi connectivity index (χ0n) is 19.1. The first-order chi connectivity index (χ1) is 14.7. The van der Waals surface area contributed by atoms with Crippen molar-refractivity contribution in [3.8, 4) is 6.07 Å². The molecule has 10 heteroatoms. The Balaban J connectivity index is 2.43. The molecule has 5 N–H and O–H groups in total. The highest BCUT2D eigenvalue weighted by atomic mass is 32.2. The van der Waals surface area contributed by atoms with E-state index in [1.165, 1.54) is 6.07 Å². The van der Waals surface area contributed by atoms with Crippen LogP contribution < -0.4 is 10.0 Å². The topological polar surface area (TPSA) is 146 Å². The summed E-state index contributed by atoms with van der Waals surface area (Å²) in [6, 6.07) is 6.22. The largest absolute Gasteiger partial charge is 0.392 e. The molecule has 0 radical (unpaired) electrons. The maximum Gasteiger partial charge on any atom is 0.331 e. The SMILES string of the molecule is CC(C)c1cc(C#N)cc(C(C)C)c1NC(=O)NS(=N)(=O)c1sc(C(C)(C)O)cc1CO. The van der Waals surface area contributed by atoms with Crippen molar-refractivity contribution in [3.63, 3.8) is 0 Å². The van der Waals surface area contributed by atoms with Gasteiger partial charge in [0.2, 0.25) is 0 Å². The number of urea groups is 1. The molecule has 1 atom stereocenters. The number of amides is 2. The van der Waals surface area contributed by atoms with Gasteiger partial charge in [-0.2, -0.15) is 5.26 Å². The Morgan fingerprint density at radius 1 is 1.22 bits per heavy atom. The van der Waals surface area contributed by atoms with Gasteiger partial charge in [-0.1, -0.05) is 27.7 Å². The minimum absolute atomic E-state index is 0.00379. The van der Waals surface area contributed by atoms with E-state index in [0.29, 0.717) is 16.1 Å². The standard InChI is InChI=1S/C22H30N4O4S2/c1-12(2)16-7-14(10-23)8-17(13(3)4)19(16)25-21(28)26-32(24,30)20-15(11-27)9-18(31-20)22(5,6)29/h7-9,12-13,27,29H,11H2,1-6H3,(H3,24,25,26,28,30). The Hall–Kier alpha value is -2.45. The smallest absolute Gasteiger partial charge is 0.331 e. The average Bonchev–Trinajstić information content (AvgIpc) is 3.13. The predicted molar refractivity (Wildman–Crippen MR) is 126 cm³/mol. The summed E-state index contributed by atoms with van der Waals surface area (Å²) < 4.78 is 23.6. The highest BCUT2D eigenvalue weighted by Crippen LogP contribution is 2.36. The average molecular weight is 479 g/mol. The summed E-state index contributed by atoms with van der Waals surface area (Å²) in [6.45, 7) is 10.4. The molecule has 1 unspecified atom stereocenters. The molecule has 0 bridgehead atoms. The summed E-state index contributed by atoms with van der Waals surface area (Å²) in [5.74, 6) is 0.00757. The molecule has 0 aliphatic heterocycles. The van der Waals surface area contributed by atoms with Crippen LogP contribution in [0.5, 0.6) is 0 Å². The van der Waals surface area contributed by atoms with Crippen molar-refractivity contribution in [3.05, 3.63) is 45.3 Å². The zero-order valence-corrected chi connectivity index (χ0v) is 20.7. The molecule has 1 aromatic heterocycles. The number of hydrogen-bond donors (Lipinski definition) is 5. The molecule has 2 amide bonds. The molecule has 0 saturated carbocycles. The van der Waals surface area contributed by atoms with Crippen molar-refractivity contribution in [2.24, 2.45) is 0 Å². The quantitative estimate of drug-likeness (QED) is 0.390. The molecule has 2 rings (SSSR count). The Labute approximate surface area is 193 Å². The second-order valence-corrected chi connectivity index (χ2v) is 11.7. The molecule has 8 nitrogen and oxygen atoms in total. The molecule has 0 aliphatic rings. The summed E-state index contributed by atoms with van der Waals surface area (Å²) >= 11 is 0.916. The maximum absolute atomic E-state index is 13.1. The molecular weight excluding hydrogens is 448 g/mol. The fraction of sp³-hybridized carbons (Fsp3) is 0.455. The normalized spacial score (nSPS) is 13.7. The fourth-order valence-electron chi connectivity index (χ4n) is 3.19. The molecule has 0 fully saturated rings. The Bertz CT molecular complexity index is 1120. The van der Waals surface area contributed by atoms with Gasteiger partial charge in [0, 0.05) is 16.1 Å². The maximum atomic E-state index is 13.1. The first-order valence-corrected chi connectivity index (χ1v) is 12.5. The van der Waals surface area contributed by atoms with Crippen molar-refractivity contribution in [2.75, 3.05) is 5.32 Å². The lowest BCUT2D eigenvalue weighted by atomic mass is 9.90. The highest BCUT2D eigenvalue weighted by Gasteiger charge is 2.27. The van der Waals surface area contributed by atoms with Crippen molar-refractivity contribution in [1.29, 1.82) is 10.0 Å². The number of carbonyl (C=O) groups excluding carboxylic acids is 1. The lowest BCUT2D eigenvalue weighted by molar-refractivity contribution is 0.0824. The van der Waals surface area contributed by atoms with E-state index in [1.807, 2.05) is 27.7 Å².